The van der Waals surface area contributed by atoms with Gasteiger partial charge in [0.2, 0.25) is 23.5 Å². The van der Waals surface area contributed by atoms with E-state index in [1.54, 1.807) is 30.3 Å². The van der Waals surface area contributed by atoms with E-state index in [0.29, 0.717) is 23.6 Å². The van der Waals surface area contributed by atoms with Crippen molar-refractivity contribution in [3.8, 4) is 0 Å². The smallest absolute Gasteiger partial charge is 0.289 e. The topological polar surface area (TPSA) is 146 Å². The number of likely N-dealkylation sites (tertiary alicyclic amines) is 1. The molecule has 3 N–H and O–H groups in total. The molecule has 2 aliphatic heterocycles. The third-order valence-corrected chi connectivity index (χ3v) is 10.4. The number of ketones is 1. The predicted molar refractivity (Wildman–Crippen MR) is 184 cm³/mol. The third kappa shape index (κ3) is 7.70. The summed E-state index contributed by atoms with van der Waals surface area (Å²) in [7, 11) is 1.36. The summed E-state index contributed by atoms with van der Waals surface area (Å²) < 4.78 is 13.9. The van der Waals surface area contributed by atoms with Gasteiger partial charge in [0.15, 0.2) is 5.60 Å². The van der Waals surface area contributed by atoms with E-state index < -0.39 is 58.6 Å². The van der Waals surface area contributed by atoms with Gasteiger partial charge in [0.1, 0.15) is 17.9 Å². The molecule has 0 aromatic heterocycles. The molecular formula is C37H43ClFN5O6. The first kappa shape index (κ1) is 35.5. The average Bonchev–Trinajstić information content (AvgIpc) is 4.00. The Morgan fingerprint density at radius 2 is 1.80 bits per heavy atom. The molecule has 2 aliphatic carbocycles. The second kappa shape index (κ2) is 13.8. The van der Waals surface area contributed by atoms with Crippen molar-refractivity contribution in [2.24, 2.45) is 22.4 Å². The van der Waals surface area contributed by atoms with E-state index in [1.165, 1.54) is 24.1 Å². The molecule has 0 bridgehead atoms. The molecule has 4 amide bonds. The summed E-state index contributed by atoms with van der Waals surface area (Å²) in [5.74, 6) is -3.71. The van der Waals surface area contributed by atoms with Crippen LogP contribution in [0.25, 0.3) is 0 Å². The van der Waals surface area contributed by atoms with Gasteiger partial charge in [-0.1, -0.05) is 74.6 Å². The summed E-state index contributed by atoms with van der Waals surface area (Å²) in [4.78, 5) is 75.2. The predicted octanol–water partition coefficient (Wildman–Crippen LogP) is 3.88. The van der Waals surface area contributed by atoms with Crippen LogP contribution < -0.4 is 16.0 Å². The molecule has 2 heterocycles. The Morgan fingerprint density at radius 3 is 2.46 bits per heavy atom. The highest BCUT2D eigenvalue weighted by Crippen LogP contribution is 2.48. The van der Waals surface area contributed by atoms with Gasteiger partial charge in [0.25, 0.3) is 5.91 Å². The van der Waals surface area contributed by atoms with Crippen molar-refractivity contribution >= 4 is 46.7 Å². The summed E-state index contributed by atoms with van der Waals surface area (Å²) >= 11 is 6.24. The fourth-order valence-corrected chi connectivity index (χ4v) is 7.26. The van der Waals surface area contributed by atoms with E-state index >= 15 is 0 Å². The van der Waals surface area contributed by atoms with Gasteiger partial charge in [-0.3, -0.25) is 24.0 Å². The number of Topliss-reactive ketones (excluding diaryl/α,β-unsaturated/α-hetero) is 1. The van der Waals surface area contributed by atoms with E-state index in [9.17, 15) is 28.4 Å². The van der Waals surface area contributed by atoms with Crippen molar-refractivity contribution < 1.29 is 33.2 Å². The number of nitrogens with one attached hydrogen (secondary N) is 3. The Labute approximate surface area is 295 Å². The van der Waals surface area contributed by atoms with E-state index in [2.05, 4.69) is 21.1 Å². The average molecular weight is 708 g/mol. The van der Waals surface area contributed by atoms with Gasteiger partial charge in [-0.05, 0) is 59.9 Å². The molecule has 2 saturated carbocycles. The molecule has 3 fully saturated rings. The van der Waals surface area contributed by atoms with Gasteiger partial charge in [-0.25, -0.2) is 4.39 Å². The molecule has 11 nitrogen and oxygen atoms in total. The largest absolute Gasteiger partial charge is 0.387 e. The number of carbonyl (C=O) groups is 5. The SMILES string of the molecule is CNC(=O)C(=O)[C@H](CC1CC1)NC(=O)[C@@H]1C[C@]2(CC(c3cccc(Cl)c3)=NO2)CN1C(=O)[C@@H](NC(=O)[C@@H]1C[C@H]1c1cccc(F)c1)C(C)(C)C. The van der Waals surface area contributed by atoms with Crippen LogP contribution in [0.5, 0.6) is 0 Å². The van der Waals surface area contributed by atoms with Crippen molar-refractivity contribution in [2.45, 2.75) is 88.9 Å². The highest BCUT2D eigenvalue weighted by atomic mass is 35.5. The first-order valence-corrected chi connectivity index (χ1v) is 17.5. The number of oxime groups is 1. The van der Waals surface area contributed by atoms with Crippen molar-refractivity contribution in [2.75, 3.05) is 13.6 Å². The molecule has 266 valence electrons. The standard InChI is InChI=1S/C37H43ClFN5O6/c1-36(2,3)31(42-32(46)26-16-25(26)21-7-6-10-24(39)15-21)35(49)44-19-37(17-28(43-50-37)22-8-5-9-23(38)14-22)18-29(44)33(47)41-27(13-20-11-12-20)30(45)34(48)40-4/h5-10,14-15,20,25-27,29,31H,11-13,16-19H2,1-4H3,(H,40,48)(H,41,47)(H,42,46)/t25-,26+,27-,29-,31+,37+/m0/s1. The molecule has 0 unspecified atom stereocenters. The van der Waals surface area contributed by atoms with E-state index in [1.807, 2.05) is 26.8 Å². The van der Waals surface area contributed by atoms with Crippen molar-refractivity contribution in [1.82, 2.24) is 20.9 Å². The monoisotopic (exact) mass is 707 g/mol. The number of hydrogen-bond donors (Lipinski definition) is 3. The van der Waals surface area contributed by atoms with Crippen molar-refractivity contribution in [3.05, 3.63) is 70.5 Å². The molecule has 13 heteroatoms. The molecule has 6 atom stereocenters. The quantitative estimate of drug-likeness (QED) is 0.303. The molecule has 2 aromatic rings. The van der Waals surface area contributed by atoms with Crippen LogP contribution in [-0.4, -0.2) is 77.3 Å². The summed E-state index contributed by atoms with van der Waals surface area (Å²) in [6, 6.07) is 10.1. The molecule has 2 aromatic carbocycles. The zero-order valence-electron chi connectivity index (χ0n) is 28.6. The number of benzene rings is 2. The Morgan fingerprint density at radius 1 is 1.06 bits per heavy atom. The van der Waals surface area contributed by atoms with Crippen LogP contribution in [0, 0.1) is 23.1 Å². The second-order valence-corrected chi connectivity index (χ2v) is 15.6. The van der Waals surface area contributed by atoms with Gasteiger partial charge in [-0.2, -0.15) is 0 Å². The number of likely N-dealkylation sites (N-methyl/N-ethyl adjacent to an activating group) is 1. The van der Waals surface area contributed by atoms with Gasteiger partial charge in [0.05, 0.1) is 18.3 Å². The number of hydrogen-bond acceptors (Lipinski definition) is 7. The summed E-state index contributed by atoms with van der Waals surface area (Å²) in [5.41, 5.74) is 0.258. The fraction of sp³-hybridized carbons (Fsp3) is 0.514. The normalized spacial score (nSPS) is 25.3. The van der Waals surface area contributed by atoms with E-state index in [-0.39, 0.29) is 42.9 Å². The van der Waals surface area contributed by atoms with Crippen LogP contribution in [0.4, 0.5) is 4.39 Å². The van der Waals surface area contributed by atoms with Crippen LogP contribution in [0.3, 0.4) is 0 Å². The van der Waals surface area contributed by atoms with Crippen LogP contribution in [0.15, 0.2) is 53.7 Å². The van der Waals surface area contributed by atoms with Crippen LogP contribution in [0.1, 0.15) is 76.3 Å². The van der Waals surface area contributed by atoms with Gasteiger partial charge >= 0.3 is 0 Å². The van der Waals surface area contributed by atoms with Gasteiger partial charge < -0.3 is 25.7 Å². The highest BCUT2D eigenvalue weighted by molar-refractivity contribution is 6.38. The molecule has 1 saturated heterocycles. The molecule has 6 rings (SSSR count). The molecule has 1 spiro atoms. The Balaban J connectivity index is 1.25. The minimum atomic E-state index is -1.08. The van der Waals surface area contributed by atoms with E-state index in [4.69, 9.17) is 16.4 Å². The fourth-order valence-electron chi connectivity index (χ4n) is 7.07. The zero-order chi connectivity index (χ0) is 36.0. The lowest BCUT2D eigenvalue weighted by Crippen LogP contribution is -2.59. The van der Waals surface area contributed by atoms with Crippen LogP contribution >= 0.6 is 11.6 Å². The molecule has 4 aliphatic rings. The van der Waals surface area contributed by atoms with Crippen LogP contribution in [-0.2, 0) is 28.8 Å². The summed E-state index contributed by atoms with van der Waals surface area (Å²) in [6.45, 7) is 5.47. The first-order chi connectivity index (χ1) is 23.7. The Bertz CT molecular complexity index is 1740. The molecular weight excluding hydrogens is 665 g/mol. The maximum Gasteiger partial charge on any atom is 0.289 e. The summed E-state index contributed by atoms with van der Waals surface area (Å²) in [5, 5.41) is 13.0. The van der Waals surface area contributed by atoms with E-state index in [0.717, 1.165) is 24.0 Å². The lowest BCUT2D eigenvalue weighted by atomic mass is 9.85. The number of rotatable bonds is 11. The minimum Gasteiger partial charge on any atom is -0.387 e. The van der Waals surface area contributed by atoms with Crippen molar-refractivity contribution in [1.29, 1.82) is 0 Å². The number of nitrogens with zero attached hydrogens (tertiary/aromatic N) is 2. The van der Waals surface area contributed by atoms with Gasteiger partial charge in [0, 0.05) is 36.4 Å². The lowest BCUT2D eigenvalue weighted by Gasteiger charge is -2.35. The number of carbonyl (C=O) groups excluding carboxylic acids is 5. The second-order valence-electron chi connectivity index (χ2n) is 15.2. The Hall–Kier alpha value is -4.32. The first-order valence-electron chi connectivity index (χ1n) is 17.1. The maximum absolute atomic E-state index is 14.6. The molecule has 50 heavy (non-hydrogen) atoms. The lowest BCUT2D eigenvalue weighted by molar-refractivity contribution is -0.145. The van der Waals surface area contributed by atoms with Gasteiger partial charge in [-0.15, -0.1) is 0 Å². The maximum atomic E-state index is 14.6. The minimum absolute atomic E-state index is 0.00797. The summed E-state index contributed by atoms with van der Waals surface area (Å²) in [6.07, 6.45) is 2.99. The highest BCUT2D eigenvalue weighted by Gasteiger charge is 2.56. The third-order valence-electron chi connectivity index (χ3n) is 10.1. The van der Waals surface area contributed by atoms with Crippen LogP contribution in [0.2, 0.25) is 5.02 Å². The molecule has 0 radical (unpaired) electrons. The number of halogens is 2. The zero-order valence-corrected chi connectivity index (χ0v) is 29.4. The Kier molecular flexibility index (Phi) is 9.78. The van der Waals surface area contributed by atoms with Crippen molar-refractivity contribution in [3.63, 3.8) is 0 Å². The number of amides is 4.